The Balaban J connectivity index is 1.33. The topological polar surface area (TPSA) is 82.1 Å². The van der Waals surface area contributed by atoms with E-state index in [0.29, 0.717) is 21.3 Å². The number of morpholine rings is 1. The lowest BCUT2D eigenvalue weighted by Gasteiger charge is -2.26. The van der Waals surface area contributed by atoms with Crippen molar-refractivity contribution in [2.24, 2.45) is 0 Å². The lowest BCUT2D eigenvalue weighted by Crippen LogP contribution is -2.38. The van der Waals surface area contributed by atoms with E-state index in [4.69, 9.17) is 15.7 Å². The number of aromatic nitrogens is 2. The van der Waals surface area contributed by atoms with E-state index in [1.165, 1.54) is 23.5 Å². The van der Waals surface area contributed by atoms with Gasteiger partial charge in [-0.15, -0.1) is 0 Å². The van der Waals surface area contributed by atoms with Gasteiger partial charge in [-0.05, 0) is 30.3 Å². The zero-order valence-electron chi connectivity index (χ0n) is 23.4. The van der Waals surface area contributed by atoms with Gasteiger partial charge in [0.25, 0.3) is 5.69 Å². The third-order valence-corrected chi connectivity index (χ3v) is 5.50. The molecular weight excluding hydrogens is 404 g/mol. The Morgan fingerprint density at radius 2 is 2.03 bits per heavy atom. The summed E-state index contributed by atoms with van der Waals surface area (Å²) in [4.78, 5) is 16.2. The Labute approximate surface area is 187 Å². The minimum absolute atomic E-state index is 0.00826. The molecule has 0 radical (unpaired) electrons. The summed E-state index contributed by atoms with van der Waals surface area (Å²) < 4.78 is 76.2. The maximum atomic E-state index is 10.9. The van der Waals surface area contributed by atoms with E-state index in [1.807, 2.05) is 10.6 Å². The first-order valence-electron chi connectivity index (χ1n) is 12.9. The molecule has 154 valence electrons. The molecule has 1 fully saturated rings. The maximum absolute atomic E-state index is 10.9. The highest BCUT2D eigenvalue weighted by atomic mass is 32.1. The van der Waals surface area contributed by atoms with Gasteiger partial charge in [0, 0.05) is 48.9 Å². The van der Waals surface area contributed by atoms with Gasteiger partial charge in [0.2, 0.25) is 0 Å². The van der Waals surface area contributed by atoms with Crippen LogP contribution in [0.25, 0.3) is 26.4 Å². The number of thiazole rings is 1. The molecule has 5 rings (SSSR count). The van der Waals surface area contributed by atoms with Gasteiger partial charge in [0.15, 0.2) is 4.96 Å². The van der Waals surface area contributed by atoms with Gasteiger partial charge in [0.1, 0.15) is 12.4 Å². The molecule has 0 amide bonds. The average Bonchev–Trinajstić information content (AvgIpc) is 3.37. The van der Waals surface area contributed by atoms with Crippen molar-refractivity contribution in [3.8, 4) is 17.0 Å². The van der Waals surface area contributed by atoms with Gasteiger partial charge < -0.3 is 9.47 Å². The molecule has 0 aliphatic carbocycles. The summed E-state index contributed by atoms with van der Waals surface area (Å²) in [6.45, 7) is -12.8. The number of imidazole rings is 1. The third kappa shape index (κ3) is 3.74. The highest BCUT2D eigenvalue weighted by Crippen LogP contribution is 2.32. The van der Waals surface area contributed by atoms with E-state index in [0.717, 1.165) is 15.8 Å². The number of ether oxygens (including phenoxy) is 2. The van der Waals surface area contributed by atoms with Crippen molar-refractivity contribution in [2.75, 3.05) is 39.3 Å². The molecule has 0 bridgehead atoms. The first kappa shape index (κ1) is 12.0. The molecule has 2 aromatic heterocycles. The zero-order chi connectivity index (χ0) is 27.7. The third-order valence-electron chi connectivity index (χ3n) is 4.49. The van der Waals surface area contributed by atoms with E-state index in [-0.39, 0.29) is 12.3 Å². The Morgan fingerprint density at radius 3 is 2.80 bits per heavy atom. The lowest BCUT2D eigenvalue weighted by atomic mass is 10.1. The van der Waals surface area contributed by atoms with Crippen LogP contribution in [0.15, 0.2) is 48.7 Å². The van der Waals surface area contributed by atoms with E-state index in [9.17, 15) is 10.1 Å². The summed E-state index contributed by atoms with van der Waals surface area (Å²) in [6.07, 6.45) is 1.82. The van der Waals surface area contributed by atoms with Gasteiger partial charge in [0.05, 0.1) is 39.4 Å². The van der Waals surface area contributed by atoms with Crippen LogP contribution in [0.1, 0.15) is 11.0 Å². The fraction of sp³-hybridized carbons (Fsp3) is 0.286. The minimum atomic E-state index is -3.10. The summed E-state index contributed by atoms with van der Waals surface area (Å²) in [5.74, 6) is 0.401. The Kier molecular flexibility index (Phi) is 3.21. The molecule has 3 heterocycles. The highest BCUT2D eigenvalue weighted by Gasteiger charge is 2.13. The number of hydrogen-bond donors (Lipinski definition) is 0. The minimum Gasteiger partial charge on any atom is -0.492 e. The Morgan fingerprint density at radius 1 is 1.23 bits per heavy atom. The summed E-state index contributed by atoms with van der Waals surface area (Å²) in [5, 5.41) is 10.9. The summed E-state index contributed by atoms with van der Waals surface area (Å²) in [6, 6.07) is 11.3. The van der Waals surface area contributed by atoms with Crippen LogP contribution in [-0.4, -0.2) is 58.5 Å². The van der Waals surface area contributed by atoms with Crippen LogP contribution >= 0.6 is 11.3 Å². The molecule has 0 saturated carbocycles. The van der Waals surface area contributed by atoms with E-state index < -0.39 is 37.6 Å². The maximum Gasteiger partial charge on any atom is 0.269 e. The number of benzene rings is 2. The van der Waals surface area contributed by atoms with Crippen molar-refractivity contribution in [3.63, 3.8) is 0 Å². The second-order valence-electron chi connectivity index (χ2n) is 6.34. The molecule has 9 heteroatoms. The lowest BCUT2D eigenvalue weighted by molar-refractivity contribution is -0.384. The first-order chi connectivity index (χ1) is 17.6. The van der Waals surface area contributed by atoms with Crippen LogP contribution in [-0.2, 0) is 4.74 Å². The predicted octanol–water partition coefficient (Wildman–Crippen LogP) is 3.84. The predicted molar refractivity (Wildman–Crippen MR) is 115 cm³/mol. The number of rotatable bonds is 6. The van der Waals surface area contributed by atoms with Crippen molar-refractivity contribution >= 4 is 32.2 Å². The van der Waals surface area contributed by atoms with Crippen molar-refractivity contribution in [2.45, 2.75) is 0 Å². The molecule has 4 aromatic rings. The van der Waals surface area contributed by atoms with Crippen molar-refractivity contribution < 1.29 is 25.4 Å². The molecule has 0 unspecified atom stereocenters. The molecule has 30 heavy (non-hydrogen) atoms. The number of hydrogen-bond acceptors (Lipinski definition) is 7. The van der Waals surface area contributed by atoms with Gasteiger partial charge in [-0.1, -0.05) is 11.3 Å². The normalized spacial score (nSPS) is 25.7. The second kappa shape index (κ2) is 8.02. The molecule has 2 aromatic carbocycles. The Bertz CT molecular complexity index is 1510. The van der Waals surface area contributed by atoms with E-state index in [2.05, 4.69) is 9.72 Å². The Hall–Kier alpha value is -3.01. The van der Waals surface area contributed by atoms with Crippen molar-refractivity contribution in [1.29, 1.82) is 0 Å². The molecule has 1 saturated heterocycles. The molecular formula is C21H20N4O4S. The van der Waals surface area contributed by atoms with Crippen LogP contribution < -0.4 is 4.74 Å². The summed E-state index contributed by atoms with van der Waals surface area (Å²) in [7, 11) is 0. The quantitative estimate of drug-likeness (QED) is 0.340. The number of nitro groups is 1. The van der Waals surface area contributed by atoms with Gasteiger partial charge in [-0.25, -0.2) is 4.98 Å². The van der Waals surface area contributed by atoms with Gasteiger partial charge in [-0.2, -0.15) is 0 Å². The fourth-order valence-electron chi connectivity index (χ4n) is 3.04. The first-order valence-corrected chi connectivity index (χ1v) is 9.73. The smallest absolute Gasteiger partial charge is 0.269 e. The fourth-order valence-corrected chi connectivity index (χ4v) is 4.08. The number of non-ortho nitro benzene ring substituents is 1. The number of nitro benzene ring substituents is 1. The van der Waals surface area contributed by atoms with Crippen molar-refractivity contribution in [1.82, 2.24) is 14.3 Å². The number of fused-ring (bicyclic) bond motifs is 3. The van der Waals surface area contributed by atoms with Crippen LogP contribution in [0.4, 0.5) is 5.69 Å². The molecule has 0 spiro atoms. The standard InChI is InChI=1S/C21H20N4O4S/c26-25(27)16-3-1-15(2-4-16)18-14-24-19-6-5-17(13-20(19)30-21(24)22-18)29-12-9-23-7-10-28-11-8-23/h1-6,13-14H,7-12H2/i7D2,8D2,10D2,11D2. The van der Waals surface area contributed by atoms with E-state index in [1.54, 1.807) is 30.3 Å². The SMILES string of the molecule is [2H]C1([2H])OC([2H])([2H])C([2H])([2H])N(CCOc2ccc3c(c2)sc2nc(-c4ccc([N+](=O)[O-])cc4)cn23)C1([2H])[2H]. The van der Waals surface area contributed by atoms with Crippen molar-refractivity contribution in [3.05, 3.63) is 58.8 Å². The molecule has 8 nitrogen and oxygen atoms in total. The molecule has 1 aliphatic heterocycles. The molecule has 0 atom stereocenters. The summed E-state index contributed by atoms with van der Waals surface area (Å²) in [5.41, 5.74) is 2.21. The molecule has 1 aliphatic rings. The monoisotopic (exact) mass is 432 g/mol. The van der Waals surface area contributed by atoms with Gasteiger partial charge >= 0.3 is 0 Å². The van der Waals surface area contributed by atoms with Crippen LogP contribution in [0, 0.1) is 10.1 Å². The number of nitrogens with zero attached hydrogens (tertiary/aromatic N) is 4. The zero-order valence-corrected chi connectivity index (χ0v) is 16.2. The average molecular weight is 433 g/mol. The van der Waals surface area contributed by atoms with Crippen LogP contribution in [0.3, 0.4) is 0 Å². The molecule has 0 N–H and O–H groups in total. The van der Waals surface area contributed by atoms with Crippen LogP contribution in [0.2, 0.25) is 0 Å². The van der Waals surface area contributed by atoms with Crippen LogP contribution in [0.5, 0.6) is 5.75 Å². The largest absolute Gasteiger partial charge is 0.492 e. The highest BCUT2D eigenvalue weighted by molar-refractivity contribution is 7.23. The second-order valence-corrected chi connectivity index (χ2v) is 7.35. The van der Waals surface area contributed by atoms with E-state index >= 15 is 0 Å². The van der Waals surface area contributed by atoms with Gasteiger partial charge in [-0.3, -0.25) is 19.4 Å². The summed E-state index contributed by atoms with van der Waals surface area (Å²) >= 11 is 1.38.